The lowest BCUT2D eigenvalue weighted by Gasteiger charge is -2.28. The molecule has 10 nitrogen and oxygen atoms in total. The molecule has 0 saturated carbocycles. The maximum atomic E-state index is 12.8. The van der Waals surface area contributed by atoms with E-state index in [1.165, 1.54) is 25.0 Å². The lowest BCUT2D eigenvalue weighted by Crippen LogP contribution is -2.42. The fourth-order valence-electron chi connectivity index (χ4n) is 3.70. The molecule has 2 aromatic rings. The summed E-state index contributed by atoms with van der Waals surface area (Å²) in [5.41, 5.74) is -0.388. The van der Waals surface area contributed by atoms with Crippen LogP contribution in [0.4, 0.5) is 0 Å². The fourth-order valence-corrected chi connectivity index (χ4v) is 5.43. The predicted octanol–water partition coefficient (Wildman–Crippen LogP) is -0.750. The molecule has 1 aliphatic heterocycles. The smallest absolute Gasteiger partial charge is 0.332 e. The van der Waals surface area contributed by atoms with E-state index in [2.05, 4.69) is 4.98 Å². The second-order valence-corrected chi connectivity index (χ2v) is 9.44. The Morgan fingerprint density at radius 3 is 2.61 bits per heavy atom. The molecule has 28 heavy (non-hydrogen) atoms. The van der Waals surface area contributed by atoms with Gasteiger partial charge in [-0.3, -0.25) is 18.7 Å². The largest absolute Gasteiger partial charge is 0.339 e. The van der Waals surface area contributed by atoms with Crippen molar-refractivity contribution in [1.82, 2.24) is 23.6 Å². The Morgan fingerprint density at radius 1 is 1.29 bits per heavy atom. The van der Waals surface area contributed by atoms with Crippen LogP contribution in [-0.4, -0.2) is 62.0 Å². The third kappa shape index (κ3) is 3.62. The van der Waals surface area contributed by atoms with Crippen molar-refractivity contribution in [2.45, 2.75) is 38.8 Å². The third-order valence-electron chi connectivity index (χ3n) is 5.22. The standard InChI is InChI=1S/C17H25N5O5S/c1-4-7-22(12-6-9-28(26,27)10-12)13(23)5-8-21-11-18-15-14(21)16(24)20(3)17(25)19(15)2/h11-12H,4-10H2,1-3H3/t12-/m1/s1. The third-order valence-corrected chi connectivity index (χ3v) is 6.97. The maximum absolute atomic E-state index is 12.8. The minimum atomic E-state index is -3.08. The Kier molecular flexibility index (Phi) is 5.46. The quantitative estimate of drug-likeness (QED) is 0.617. The van der Waals surface area contributed by atoms with E-state index >= 15 is 0 Å². The molecule has 11 heteroatoms. The maximum Gasteiger partial charge on any atom is 0.332 e. The van der Waals surface area contributed by atoms with Gasteiger partial charge in [0.15, 0.2) is 21.0 Å². The van der Waals surface area contributed by atoms with Crippen LogP contribution in [0, 0.1) is 0 Å². The summed E-state index contributed by atoms with van der Waals surface area (Å²) in [7, 11) is -0.147. The van der Waals surface area contributed by atoms with Gasteiger partial charge in [0.05, 0.1) is 17.8 Å². The summed E-state index contributed by atoms with van der Waals surface area (Å²) >= 11 is 0. The van der Waals surface area contributed by atoms with Crippen molar-refractivity contribution >= 4 is 26.9 Å². The van der Waals surface area contributed by atoms with Gasteiger partial charge in [-0.1, -0.05) is 6.92 Å². The van der Waals surface area contributed by atoms with Gasteiger partial charge >= 0.3 is 5.69 Å². The number of aryl methyl sites for hydroxylation is 2. The molecule has 0 aliphatic carbocycles. The molecule has 3 heterocycles. The lowest BCUT2D eigenvalue weighted by atomic mass is 10.2. The van der Waals surface area contributed by atoms with Crippen molar-refractivity contribution in [2.24, 2.45) is 14.1 Å². The van der Waals surface area contributed by atoms with Crippen LogP contribution < -0.4 is 11.2 Å². The summed E-state index contributed by atoms with van der Waals surface area (Å²) in [6.45, 7) is 2.67. The highest BCUT2D eigenvalue weighted by atomic mass is 32.2. The van der Waals surface area contributed by atoms with Gasteiger partial charge in [-0.2, -0.15) is 0 Å². The van der Waals surface area contributed by atoms with E-state index in [1.54, 1.807) is 9.47 Å². The molecule has 2 aromatic heterocycles. The molecule has 1 saturated heterocycles. The van der Waals surface area contributed by atoms with Crippen LogP contribution in [0.3, 0.4) is 0 Å². The number of nitrogens with zero attached hydrogens (tertiary/aromatic N) is 5. The van der Waals surface area contributed by atoms with Crippen LogP contribution in [-0.2, 0) is 35.3 Å². The van der Waals surface area contributed by atoms with Crippen LogP contribution in [0.2, 0.25) is 0 Å². The first kappa shape index (κ1) is 20.3. The van der Waals surface area contributed by atoms with Crippen LogP contribution in [0.15, 0.2) is 15.9 Å². The highest BCUT2D eigenvalue weighted by Gasteiger charge is 2.34. The highest BCUT2D eigenvalue weighted by Crippen LogP contribution is 2.19. The number of hydrogen-bond donors (Lipinski definition) is 0. The number of amides is 1. The number of carbonyl (C=O) groups excluding carboxylic acids is 1. The second-order valence-electron chi connectivity index (χ2n) is 7.21. The highest BCUT2D eigenvalue weighted by molar-refractivity contribution is 7.91. The first-order chi connectivity index (χ1) is 13.2. The predicted molar refractivity (Wildman–Crippen MR) is 104 cm³/mol. The molecule has 1 atom stereocenters. The van der Waals surface area contributed by atoms with Crippen molar-refractivity contribution in [3.63, 3.8) is 0 Å². The molecular weight excluding hydrogens is 386 g/mol. The summed E-state index contributed by atoms with van der Waals surface area (Å²) in [5, 5.41) is 0. The normalized spacial score (nSPS) is 18.6. The number of imidazole rings is 1. The van der Waals surface area contributed by atoms with Crippen LogP contribution in [0.1, 0.15) is 26.2 Å². The zero-order valence-electron chi connectivity index (χ0n) is 16.3. The summed E-state index contributed by atoms with van der Waals surface area (Å²) < 4.78 is 27.4. The first-order valence-electron chi connectivity index (χ1n) is 9.27. The summed E-state index contributed by atoms with van der Waals surface area (Å²) in [4.78, 5) is 43.1. The Bertz CT molecular complexity index is 1130. The SMILES string of the molecule is CCCN(C(=O)CCn1cnc2c1c(=O)n(C)c(=O)n2C)[C@@H]1CCS(=O)(=O)C1. The van der Waals surface area contributed by atoms with Gasteiger partial charge in [0, 0.05) is 39.6 Å². The van der Waals surface area contributed by atoms with Gasteiger partial charge in [0.1, 0.15) is 0 Å². The Balaban J connectivity index is 1.82. The number of fused-ring (bicyclic) bond motifs is 1. The molecule has 1 fully saturated rings. The Labute approximate surface area is 162 Å². The van der Waals surface area contributed by atoms with Crippen molar-refractivity contribution in [1.29, 1.82) is 0 Å². The molecule has 0 N–H and O–H groups in total. The van der Waals surface area contributed by atoms with Crippen molar-refractivity contribution in [2.75, 3.05) is 18.1 Å². The number of carbonyl (C=O) groups is 1. The van der Waals surface area contributed by atoms with E-state index in [4.69, 9.17) is 0 Å². The molecule has 1 amide bonds. The number of hydrogen-bond acceptors (Lipinski definition) is 6. The van der Waals surface area contributed by atoms with E-state index in [-0.39, 0.29) is 47.6 Å². The van der Waals surface area contributed by atoms with Crippen molar-refractivity contribution in [3.8, 4) is 0 Å². The van der Waals surface area contributed by atoms with E-state index in [1.807, 2.05) is 6.92 Å². The summed E-state index contributed by atoms with van der Waals surface area (Å²) in [5.74, 6) is -0.0241. The molecule has 0 spiro atoms. The van der Waals surface area contributed by atoms with Crippen molar-refractivity contribution < 1.29 is 13.2 Å². The van der Waals surface area contributed by atoms with E-state index in [9.17, 15) is 22.8 Å². The van der Waals surface area contributed by atoms with Crippen LogP contribution in [0.5, 0.6) is 0 Å². The summed E-state index contributed by atoms with van der Waals surface area (Å²) in [6, 6.07) is -0.286. The molecule has 154 valence electrons. The van der Waals surface area contributed by atoms with Gasteiger partial charge in [-0.25, -0.2) is 18.2 Å². The zero-order valence-corrected chi connectivity index (χ0v) is 17.1. The van der Waals surface area contributed by atoms with E-state index in [0.717, 1.165) is 11.0 Å². The van der Waals surface area contributed by atoms with Crippen molar-refractivity contribution in [3.05, 3.63) is 27.2 Å². The minimum absolute atomic E-state index is 0.00933. The van der Waals surface area contributed by atoms with E-state index < -0.39 is 21.1 Å². The monoisotopic (exact) mass is 411 g/mol. The topological polar surface area (TPSA) is 116 Å². The number of aromatic nitrogens is 4. The molecule has 0 bridgehead atoms. The Morgan fingerprint density at radius 2 is 2.00 bits per heavy atom. The van der Waals surface area contributed by atoms with Crippen LogP contribution >= 0.6 is 0 Å². The molecular formula is C17H25N5O5S. The number of sulfone groups is 1. The number of rotatable bonds is 6. The first-order valence-corrected chi connectivity index (χ1v) is 11.1. The Hall–Kier alpha value is -2.43. The molecule has 3 rings (SSSR count). The van der Waals surface area contributed by atoms with Gasteiger partial charge < -0.3 is 9.47 Å². The lowest BCUT2D eigenvalue weighted by molar-refractivity contribution is -0.133. The fraction of sp³-hybridized carbons (Fsp3) is 0.647. The van der Waals surface area contributed by atoms with Gasteiger partial charge in [0.25, 0.3) is 5.56 Å². The zero-order chi connectivity index (χ0) is 20.6. The molecule has 0 unspecified atom stereocenters. The van der Waals surface area contributed by atoms with E-state index in [0.29, 0.717) is 13.0 Å². The minimum Gasteiger partial charge on any atom is -0.339 e. The van der Waals surface area contributed by atoms with Gasteiger partial charge in [-0.15, -0.1) is 0 Å². The molecule has 0 aromatic carbocycles. The van der Waals surface area contributed by atoms with Gasteiger partial charge in [-0.05, 0) is 12.8 Å². The van der Waals surface area contributed by atoms with Crippen LogP contribution in [0.25, 0.3) is 11.2 Å². The average Bonchev–Trinajstić information content (AvgIpc) is 3.23. The van der Waals surface area contributed by atoms with Gasteiger partial charge in [0.2, 0.25) is 5.91 Å². The molecule has 0 radical (unpaired) electrons. The second kappa shape index (κ2) is 7.53. The average molecular weight is 411 g/mol. The summed E-state index contributed by atoms with van der Waals surface area (Å²) in [6.07, 6.45) is 2.76. The molecule has 1 aliphatic rings.